The van der Waals surface area contributed by atoms with Gasteiger partial charge in [-0.05, 0) is 43.7 Å². The van der Waals surface area contributed by atoms with Crippen molar-refractivity contribution in [2.24, 2.45) is 0 Å². The molecule has 3 aromatic rings. The van der Waals surface area contributed by atoms with Crippen LogP contribution in [0.15, 0.2) is 47.7 Å². The molecule has 10 heteroatoms. The van der Waals surface area contributed by atoms with Gasteiger partial charge < -0.3 is 9.88 Å². The van der Waals surface area contributed by atoms with Crippen molar-refractivity contribution in [1.82, 2.24) is 19.9 Å². The van der Waals surface area contributed by atoms with Gasteiger partial charge in [-0.3, -0.25) is 19.6 Å². The quantitative estimate of drug-likeness (QED) is 0.668. The molecule has 7 nitrogen and oxygen atoms in total. The highest BCUT2D eigenvalue weighted by molar-refractivity contribution is 5.95. The molecule has 1 atom stereocenters. The van der Waals surface area contributed by atoms with E-state index in [1.165, 1.54) is 25.5 Å². The number of amides is 1. The summed E-state index contributed by atoms with van der Waals surface area (Å²) in [5, 5.41) is 11.3. The molecule has 3 aromatic heterocycles. The van der Waals surface area contributed by atoms with Crippen LogP contribution in [0.25, 0.3) is 11.1 Å². The van der Waals surface area contributed by atoms with Crippen LogP contribution in [0.5, 0.6) is 0 Å². The SMILES string of the molecule is CNC(=O)c1cn(C(C)c2ccc(C#N)cn2)c(C)c(-c2ccnc(C(F)(F)F)c2)c1=O. The number of nitriles is 1. The Kier molecular flexibility index (Phi) is 6.11. The van der Waals surface area contributed by atoms with Crippen LogP contribution in [-0.4, -0.2) is 27.5 Å². The summed E-state index contributed by atoms with van der Waals surface area (Å²) in [5.41, 5.74) is -0.866. The maximum absolute atomic E-state index is 13.2. The molecule has 1 N–H and O–H groups in total. The van der Waals surface area contributed by atoms with E-state index < -0.39 is 29.2 Å². The van der Waals surface area contributed by atoms with Crippen LogP contribution in [0.3, 0.4) is 0 Å². The summed E-state index contributed by atoms with van der Waals surface area (Å²) >= 11 is 0. The van der Waals surface area contributed by atoms with Crippen molar-refractivity contribution in [2.75, 3.05) is 7.05 Å². The second-order valence-electron chi connectivity index (χ2n) is 7.01. The van der Waals surface area contributed by atoms with Crippen molar-refractivity contribution in [3.63, 3.8) is 0 Å². The number of hydrogen-bond donors (Lipinski definition) is 1. The molecule has 1 unspecified atom stereocenters. The second-order valence-corrected chi connectivity index (χ2v) is 7.01. The highest BCUT2D eigenvalue weighted by atomic mass is 19.4. The number of nitrogens with one attached hydrogen (secondary N) is 1. The number of carbonyl (C=O) groups excluding carboxylic acids is 1. The molecule has 3 rings (SSSR count). The largest absolute Gasteiger partial charge is 0.433 e. The first-order chi connectivity index (χ1) is 15.1. The van der Waals surface area contributed by atoms with Gasteiger partial charge in [0.05, 0.1) is 17.3 Å². The summed E-state index contributed by atoms with van der Waals surface area (Å²) < 4.78 is 41.2. The Hall–Kier alpha value is -4.00. The van der Waals surface area contributed by atoms with Crippen molar-refractivity contribution in [2.45, 2.75) is 26.1 Å². The lowest BCUT2D eigenvalue weighted by molar-refractivity contribution is -0.141. The summed E-state index contributed by atoms with van der Waals surface area (Å²) in [4.78, 5) is 33.1. The predicted molar refractivity (Wildman–Crippen MR) is 110 cm³/mol. The fourth-order valence-electron chi connectivity index (χ4n) is 3.36. The van der Waals surface area contributed by atoms with Crippen molar-refractivity contribution in [1.29, 1.82) is 5.26 Å². The van der Waals surface area contributed by atoms with Crippen molar-refractivity contribution >= 4 is 5.91 Å². The van der Waals surface area contributed by atoms with Crippen LogP contribution >= 0.6 is 0 Å². The van der Waals surface area contributed by atoms with Crippen LogP contribution in [0.4, 0.5) is 13.2 Å². The van der Waals surface area contributed by atoms with Gasteiger partial charge in [0.25, 0.3) is 5.91 Å². The number of pyridine rings is 3. The molecule has 32 heavy (non-hydrogen) atoms. The molecule has 1 amide bonds. The van der Waals surface area contributed by atoms with Crippen LogP contribution in [-0.2, 0) is 6.18 Å². The summed E-state index contributed by atoms with van der Waals surface area (Å²) in [7, 11) is 1.35. The number of hydrogen-bond acceptors (Lipinski definition) is 5. The lowest BCUT2D eigenvalue weighted by atomic mass is 10.00. The van der Waals surface area contributed by atoms with Crippen LogP contribution in [0, 0.1) is 18.3 Å². The van der Waals surface area contributed by atoms with E-state index in [9.17, 15) is 22.8 Å². The highest BCUT2D eigenvalue weighted by Gasteiger charge is 2.33. The van der Waals surface area contributed by atoms with E-state index in [0.29, 0.717) is 17.0 Å². The molecule has 0 bridgehead atoms. The molecule has 0 aromatic carbocycles. The minimum absolute atomic E-state index is 0.00526. The number of aromatic nitrogens is 3. The number of halogens is 3. The van der Waals surface area contributed by atoms with Gasteiger partial charge in [-0.2, -0.15) is 18.4 Å². The van der Waals surface area contributed by atoms with Gasteiger partial charge in [-0.25, -0.2) is 0 Å². The molecule has 3 heterocycles. The van der Waals surface area contributed by atoms with Crippen molar-refractivity contribution in [3.8, 4) is 17.2 Å². The number of alkyl halides is 3. The van der Waals surface area contributed by atoms with E-state index >= 15 is 0 Å². The molecule has 0 spiro atoms. The summed E-state index contributed by atoms with van der Waals surface area (Å²) in [6.07, 6.45) is -0.972. The average molecular weight is 441 g/mol. The zero-order valence-corrected chi connectivity index (χ0v) is 17.4. The maximum atomic E-state index is 13.2. The smallest absolute Gasteiger partial charge is 0.355 e. The van der Waals surface area contributed by atoms with E-state index in [0.717, 1.165) is 12.3 Å². The van der Waals surface area contributed by atoms with Gasteiger partial charge in [0.1, 0.15) is 17.3 Å². The Balaban J connectivity index is 2.27. The van der Waals surface area contributed by atoms with E-state index in [4.69, 9.17) is 5.26 Å². The third kappa shape index (κ3) is 4.23. The highest BCUT2D eigenvalue weighted by Crippen LogP contribution is 2.31. The van der Waals surface area contributed by atoms with E-state index in [2.05, 4.69) is 15.3 Å². The first-order valence-corrected chi connectivity index (χ1v) is 9.46. The monoisotopic (exact) mass is 441 g/mol. The second kappa shape index (κ2) is 8.63. The lowest BCUT2D eigenvalue weighted by Gasteiger charge is -2.22. The van der Waals surface area contributed by atoms with E-state index in [1.54, 1.807) is 30.5 Å². The first-order valence-electron chi connectivity index (χ1n) is 9.46. The Bertz CT molecular complexity index is 1270. The molecule has 0 aliphatic rings. The zero-order chi connectivity index (χ0) is 23.6. The van der Waals surface area contributed by atoms with Gasteiger partial charge in [-0.1, -0.05) is 0 Å². The minimum Gasteiger partial charge on any atom is -0.355 e. The van der Waals surface area contributed by atoms with E-state index in [1.807, 2.05) is 6.07 Å². The Morgan fingerprint density at radius 2 is 1.97 bits per heavy atom. The van der Waals surface area contributed by atoms with Gasteiger partial charge in [0, 0.05) is 36.9 Å². The maximum Gasteiger partial charge on any atom is 0.433 e. The number of nitrogens with zero attached hydrogens (tertiary/aromatic N) is 4. The topological polar surface area (TPSA) is 101 Å². The Morgan fingerprint density at radius 3 is 2.53 bits per heavy atom. The molecule has 0 aliphatic carbocycles. The summed E-state index contributed by atoms with van der Waals surface area (Å²) in [6, 6.07) is 6.77. The van der Waals surface area contributed by atoms with Crippen LogP contribution < -0.4 is 10.7 Å². The standard InChI is InChI=1S/C22H18F3N5O2/c1-12(17-5-4-14(9-26)10-29-17)30-11-16(21(32)27-3)20(31)19(13(30)2)15-6-7-28-18(8-15)22(23,24)25/h4-8,10-12H,1-3H3,(H,27,32). The van der Waals surface area contributed by atoms with Crippen LogP contribution in [0.2, 0.25) is 0 Å². The molecule has 0 fully saturated rings. The van der Waals surface area contributed by atoms with Gasteiger partial charge in [0.2, 0.25) is 5.43 Å². The fraction of sp³-hybridized carbons (Fsp3) is 0.227. The normalized spacial score (nSPS) is 12.2. The third-order valence-electron chi connectivity index (χ3n) is 5.06. The molecule has 0 saturated carbocycles. The zero-order valence-electron chi connectivity index (χ0n) is 17.4. The van der Waals surface area contributed by atoms with Gasteiger partial charge in [-0.15, -0.1) is 0 Å². The third-order valence-corrected chi connectivity index (χ3v) is 5.06. The minimum atomic E-state index is -4.69. The molecular weight excluding hydrogens is 423 g/mol. The average Bonchev–Trinajstić information content (AvgIpc) is 2.78. The molecule has 0 saturated heterocycles. The van der Waals surface area contributed by atoms with Gasteiger partial charge >= 0.3 is 6.18 Å². The van der Waals surface area contributed by atoms with E-state index in [-0.39, 0.29) is 16.7 Å². The number of rotatable bonds is 4. The molecule has 0 aliphatic heterocycles. The van der Waals surface area contributed by atoms with Crippen molar-refractivity contribution in [3.05, 3.63) is 81.3 Å². The molecule has 0 radical (unpaired) electrons. The lowest BCUT2D eigenvalue weighted by Crippen LogP contribution is -2.30. The van der Waals surface area contributed by atoms with Crippen LogP contribution in [0.1, 0.15) is 46.0 Å². The number of carbonyl (C=O) groups is 1. The first kappa shape index (κ1) is 22.7. The fourth-order valence-corrected chi connectivity index (χ4v) is 3.36. The van der Waals surface area contributed by atoms with Gasteiger partial charge in [0.15, 0.2) is 0 Å². The summed E-state index contributed by atoms with van der Waals surface area (Å²) in [5.74, 6) is -0.671. The molecule has 164 valence electrons. The Morgan fingerprint density at radius 1 is 1.25 bits per heavy atom. The molecular formula is C22H18F3N5O2. The Labute approximate surface area is 181 Å². The summed E-state index contributed by atoms with van der Waals surface area (Å²) in [6.45, 7) is 3.34. The predicted octanol–water partition coefficient (Wildman–Crippen LogP) is 3.47. The van der Waals surface area contributed by atoms with Crippen molar-refractivity contribution < 1.29 is 18.0 Å².